The summed E-state index contributed by atoms with van der Waals surface area (Å²) in [7, 11) is 0. The van der Waals surface area contributed by atoms with Gasteiger partial charge >= 0.3 is 0 Å². The standard InChI is InChI=1S/C16H15N5O2S/c22-21(23)12-4-5-13-14(11-12)24-16(18-13)20-9-7-19(8-10-20)15-3-1-2-6-17-15/h1-6,11H,7-10H2. The van der Waals surface area contributed by atoms with Crippen molar-refractivity contribution in [2.75, 3.05) is 36.0 Å². The molecular weight excluding hydrogens is 326 g/mol. The molecule has 1 aliphatic heterocycles. The van der Waals surface area contributed by atoms with E-state index in [-0.39, 0.29) is 10.6 Å². The minimum Gasteiger partial charge on any atom is -0.353 e. The Balaban J connectivity index is 1.51. The largest absolute Gasteiger partial charge is 0.353 e. The fourth-order valence-electron chi connectivity index (χ4n) is 2.82. The molecule has 8 heteroatoms. The van der Waals surface area contributed by atoms with Gasteiger partial charge in [-0.05, 0) is 18.2 Å². The van der Waals surface area contributed by atoms with Gasteiger partial charge in [0.1, 0.15) is 5.82 Å². The first-order valence-corrected chi connectivity index (χ1v) is 8.48. The number of rotatable bonds is 3. The molecule has 0 aliphatic carbocycles. The smallest absolute Gasteiger partial charge is 0.270 e. The molecule has 0 amide bonds. The highest BCUT2D eigenvalue weighted by atomic mass is 32.1. The molecule has 0 saturated carbocycles. The van der Waals surface area contributed by atoms with Gasteiger partial charge in [-0.2, -0.15) is 0 Å². The van der Waals surface area contributed by atoms with Crippen LogP contribution < -0.4 is 9.80 Å². The van der Waals surface area contributed by atoms with Crippen molar-refractivity contribution < 1.29 is 4.92 Å². The van der Waals surface area contributed by atoms with Gasteiger partial charge in [-0.1, -0.05) is 17.4 Å². The van der Waals surface area contributed by atoms with Crippen LogP contribution in [0.2, 0.25) is 0 Å². The Hall–Kier alpha value is -2.74. The average Bonchev–Trinajstić information content (AvgIpc) is 3.06. The van der Waals surface area contributed by atoms with Crippen LogP contribution >= 0.6 is 11.3 Å². The molecule has 3 heterocycles. The lowest BCUT2D eigenvalue weighted by atomic mass is 10.3. The van der Waals surface area contributed by atoms with Gasteiger partial charge in [0.15, 0.2) is 5.13 Å². The van der Waals surface area contributed by atoms with Crippen molar-refractivity contribution in [2.24, 2.45) is 0 Å². The summed E-state index contributed by atoms with van der Waals surface area (Å²) in [4.78, 5) is 24.0. The highest BCUT2D eigenvalue weighted by molar-refractivity contribution is 7.22. The van der Waals surface area contributed by atoms with Gasteiger partial charge in [0, 0.05) is 44.5 Å². The molecule has 0 bridgehead atoms. The summed E-state index contributed by atoms with van der Waals surface area (Å²) >= 11 is 1.51. The van der Waals surface area contributed by atoms with Crippen molar-refractivity contribution in [3.63, 3.8) is 0 Å². The molecule has 0 atom stereocenters. The van der Waals surface area contributed by atoms with Crippen LogP contribution in [0.25, 0.3) is 10.2 Å². The van der Waals surface area contributed by atoms with Crippen molar-refractivity contribution >= 4 is 38.2 Å². The summed E-state index contributed by atoms with van der Waals surface area (Å²) in [5, 5.41) is 11.8. The zero-order valence-corrected chi connectivity index (χ0v) is 13.6. The van der Waals surface area contributed by atoms with Gasteiger partial charge in [-0.15, -0.1) is 0 Å². The van der Waals surface area contributed by atoms with Crippen LogP contribution in [-0.4, -0.2) is 41.1 Å². The summed E-state index contributed by atoms with van der Waals surface area (Å²) in [6.07, 6.45) is 1.81. The third-order valence-corrected chi connectivity index (χ3v) is 5.17. The predicted molar refractivity (Wildman–Crippen MR) is 94.9 cm³/mol. The van der Waals surface area contributed by atoms with E-state index in [1.54, 1.807) is 12.1 Å². The molecule has 0 N–H and O–H groups in total. The number of nitro benzene ring substituents is 1. The third kappa shape index (κ3) is 2.76. The van der Waals surface area contributed by atoms with Crippen molar-refractivity contribution in [1.29, 1.82) is 0 Å². The highest BCUT2D eigenvalue weighted by Gasteiger charge is 2.21. The SMILES string of the molecule is O=[N+]([O-])c1ccc2nc(N3CCN(c4ccccn4)CC3)sc2c1. The molecule has 4 rings (SSSR count). The van der Waals surface area contributed by atoms with Crippen LogP contribution in [-0.2, 0) is 0 Å². The number of aromatic nitrogens is 2. The Labute approximate surface area is 142 Å². The number of hydrogen-bond acceptors (Lipinski definition) is 7. The van der Waals surface area contributed by atoms with E-state index in [2.05, 4.69) is 19.8 Å². The predicted octanol–water partition coefficient (Wildman–Crippen LogP) is 2.93. The van der Waals surface area contributed by atoms with Crippen LogP contribution in [0.15, 0.2) is 42.6 Å². The Morgan fingerprint density at radius 2 is 1.88 bits per heavy atom. The van der Waals surface area contributed by atoms with Gasteiger partial charge in [-0.25, -0.2) is 9.97 Å². The van der Waals surface area contributed by atoms with Gasteiger partial charge in [0.25, 0.3) is 5.69 Å². The lowest BCUT2D eigenvalue weighted by molar-refractivity contribution is -0.384. The zero-order valence-electron chi connectivity index (χ0n) is 12.8. The lowest BCUT2D eigenvalue weighted by Gasteiger charge is -2.35. The first-order valence-electron chi connectivity index (χ1n) is 7.66. The molecule has 122 valence electrons. The van der Waals surface area contributed by atoms with Crippen molar-refractivity contribution in [1.82, 2.24) is 9.97 Å². The number of pyridine rings is 1. The third-order valence-electron chi connectivity index (χ3n) is 4.10. The van der Waals surface area contributed by atoms with E-state index in [4.69, 9.17) is 0 Å². The van der Waals surface area contributed by atoms with Gasteiger partial charge < -0.3 is 9.80 Å². The van der Waals surface area contributed by atoms with E-state index in [1.807, 2.05) is 24.4 Å². The summed E-state index contributed by atoms with van der Waals surface area (Å²) in [5.74, 6) is 0.997. The topological polar surface area (TPSA) is 75.4 Å². The summed E-state index contributed by atoms with van der Waals surface area (Å²) in [5.41, 5.74) is 0.922. The number of non-ortho nitro benzene ring substituents is 1. The fourth-order valence-corrected chi connectivity index (χ4v) is 3.87. The Bertz CT molecular complexity index is 875. The minimum absolute atomic E-state index is 0.109. The van der Waals surface area contributed by atoms with E-state index in [1.165, 1.54) is 17.4 Å². The lowest BCUT2D eigenvalue weighted by Crippen LogP contribution is -2.46. The van der Waals surface area contributed by atoms with Gasteiger partial charge in [0.2, 0.25) is 0 Å². The number of piperazine rings is 1. The van der Waals surface area contributed by atoms with Crippen LogP contribution in [0.5, 0.6) is 0 Å². The molecule has 24 heavy (non-hydrogen) atoms. The Morgan fingerprint density at radius 3 is 2.58 bits per heavy atom. The molecule has 3 aromatic rings. The van der Waals surface area contributed by atoms with Crippen molar-refractivity contribution in [3.8, 4) is 0 Å². The van der Waals surface area contributed by atoms with E-state index in [0.29, 0.717) is 0 Å². The maximum absolute atomic E-state index is 10.9. The quantitative estimate of drug-likeness (QED) is 0.538. The molecule has 0 radical (unpaired) electrons. The minimum atomic E-state index is -0.371. The van der Waals surface area contributed by atoms with Crippen molar-refractivity contribution in [2.45, 2.75) is 0 Å². The molecule has 7 nitrogen and oxygen atoms in total. The molecular formula is C16H15N5O2S. The molecule has 1 saturated heterocycles. The number of anilines is 2. The van der Waals surface area contributed by atoms with E-state index in [9.17, 15) is 10.1 Å². The molecule has 2 aromatic heterocycles. The molecule has 0 spiro atoms. The van der Waals surface area contributed by atoms with E-state index >= 15 is 0 Å². The normalized spacial score (nSPS) is 15.0. The highest BCUT2D eigenvalue weighted by Crippen LogP contribution is 2.32. The van der Waals surface area contributed by atoms with Crippen LogP contribution in [0, 0.1) is 10.1 Å². The number of nitrogens with zero attached hydrogens (tertiary/aromatic N) is 5. The monoisotopic (exact) mass is 341 g/mol. The maximum Gasteiger partial charge on any atom is 0.270 e. The number of fused-ring (bicyclic) bond motifs is 1. The average molecular weight is 341 g/mol. The first-order chi connectivity index (χ1) is 11.7. The Morgan fingerprint density at radius 1 is 1.08 bits per heavy atom. The Kier molecular flexibility index (Phi) is 3.73. The molecule has 1 aromatic carbocycles. The number of nitro groups is 1. The van der Waals surface area contributed by atoms with Crippen molar-refractivity contribution in [3.05, 3.63) is 52.7 Å². The van der Waals surface area contributed by atoms with Crippen LogP contribution in [0.3, 0.4) is 0 Å². The van der Waals surface area contributed by atoms with Crippen LogP contribution in [0.1, 0.15) is 0 Å². The second-order valence-electron chi connectivity index (χ2n) is 5.57. The van der Waals surface area contributed by atoms with Crippen LogP contribution in [0.4, 0.5) is 16.6 Å². The second-order valence-corrected chi connectivity index (χ2v) is 6.58. The molecule has 1 aliphatic rings. The zero-order chi connectivity index (χ0) is 16.5. The maximum atomic E-state index is 10.9. The second kappa shape index (κ2) is 6.04. The summed E-state index contributed by atoms with van der Waals surface area (Å²) in [6, 6.07) is 10.8. The number of benzene rings is 1. The molecule has 0 unspecified atom stereocenters. The summed E-state index contributed by atoms with van der Waals surface area (Å²) < 4.78 is 0.853. The first kappa shape index (κ1) is 14.8. The van der Waals surface area contributed by atoms with Gasteiger partial charge in [0.05, 0.1) is 15.1 Å². The molecule has 1 fully saturated rings. The number of hydrogen-bond donors (Lipinski definition) is 0. The van der Waals surface area contributed by atoms with E-state index < -0.39 is 0 Å². The number of thiazole rings is 1. The fraction of sp³-hybridized carbons (Fsp3) is 0.250. The van der Waals surface area contributed by atoms with E-state index in [0.717, 1.165) is 47.3 Å². The summed E-state index contributed by atoms with van der Waals surface area (Å²) in [6.45, 7) is 3.48. The van der Waals surface area contributed by atoms with Gasteiger partial charge in [-0.3, -0.25) is 10.1 Å².